The van der Waals surface area contributed by atoms with E-state index in [9.17, 15) is 9.59 Å². The minimum Gasteiger partial charge on any atom is -0.354 e. The molecular formula is C16H29N3O2. The number of amides is 2. The highest BCUT2D eigenvalue weighted by atomic mass is 16.2. The average molecular weight is 295 g/mol. The van der Waals surface area contributed by atoms with Crippen LogP contribution in [0.4, 0.5) is 0 Å². The van der Waals surface area contributed by atoms with Gasteiger partial charge in [-0.15, -0.1) is 0 Å². The van der Waals surface area contributed by atoms with Crippen LogP contribution < -0.4 is 16.0 Å². The van der Waals surface area contributed by atoms with Crippen molar-refractivity contribution in [1.82, 2.24) is 16.0 Å². The van der Waals surface area contributed by atoms with Crippen LogP contribution in [0.5, 0.6) is 0 Å². The summed E-state index contributed by atoms with van der Waals surface area (Å²) >= 11 is 0. The van der Waals surface area contributed by atoms with Crippen molar-refractivity contribution in [2.24, 2.45) is 11.8 Å². The molecule has 1 atom stereocenters. The largest absolute Gasteiger partial charge is 0.354 e. The van der Waals surface area contributed by atoms with Crippen LogP contribution in [0.3, 0.4) is 0 Å². The van der Waals surface area contributed by atoms with Crippen LogP contribution in [-0.4, -0.2) is 37.0 Å². The fraction of sp³-hybridized carbons (Fsp3) is 0.875. The second kappa shape index (κ2) is 7.25. The fourth-order valence-corrected chi connectivity index (χ4v) is 3.20. The SMILES string of the molecule is CCCNC(=O)C1(NC(=O)C(C)C2CNC2)CCCCC1. The Morgan fingerprint density at radius 1 is 1.24 bits per heavy atom. The maximum atomic E-state index is 12.6. The second-order valence-electron chi connectivity index (χ2n) is 6.59. The second-order valence-corrected chi connectivity index (χ2v) is 6.59. The molecule has 21 heavy (non-hydrogen) atoms. The van der Waals surface area contributed by atoms with Crippen molar-refractivity contribution < 1.29 is 9.59 Å². The van der Waals surface area contributed by atoms with Gasteiger partial charge in [0, 0.05) is 12.5 Å². The van der Waals surface area contributed by atoms with E-state index >= 15 is 0 Å². The van der Waals surface area contributed by atoms with Gasteiger partial charge in [0.15, 0.2) is 0 Å². The molecule has 0 spiro atoms. The van der Waals surface area contributed by atoms with Crippen LogP contribution in [0.1, 0.15) is 52.4 Å². The van der Waals surface area contributed by atoms with E-state index < -0.39 is 5.54 Å². The molecule has 1 saturated carbocycles. The molecule has 1 aliphatic carbocycles. The topological polar surface area (TPSA) is 70.2 Å². The molecule has 2 rings (SSSR count). The Bertz CT molecular complexity index is 374. The third kappa shape index (κ3) is 3.76. The van der Waals surface area contributed by atoms with Gasteiger partial charge in [-0.1, -0.05) is 33.1 Å². The summed E-state index contributed by atoms with van der Waals surface area (Å²) in [5, 5.41) is 9.29. The predicted molar refractivity (Wildman–Crippen MR) is 82.8 cm³/mol. The first kappa shape index (κ1) is 16.3. The maximum absolute atomic E-state index is 12.6. The van der Waals surface area contributed by atoms with Crippen LogP contribution in [0.2, 0.25) is 0 Å². The molecule has 1 saturated heterocycles. The first-order valence-electron chi connectivity index (χ1n) is 8.40. The van der Waals surface area contributed by atoms with E-state index in [1.807, 2.05) is 13.8 Å². The van der Waals surface area contributed by atoms with Crippen molar-refractivity contribution in [3.05, 3.63) is 0 Å². The highest BCUT2D eigenvalue weighted by Crippen LogP contribution is 2.29. The summed E-state index contributed by atoms with van der Waals surface area (Å²) in [5.74, 6) is 0.430. The lowest BCUT2D eigenvalue weighted by atomic mass is 9.79. The maximum Gasteiger partial charge on any atom is 0.245 e. The Morgan fingerprint density at radius 3 is 2.43 bits per heavy atom. The summed E-state index contributed by atoms with van der Waals surface area (Å²) in [7, 11) is 0. The third-order valence-corrected chi connectivity index (χ3v) is 4.97. The van der Waals surface area contributed by atoms with Crippen LogP contribution in [-0.2, 0) is 9.59 Å². The molecule has 3 N–H and O–H groups in total. The fourth-order valence-electron chi connectivity index (χ4n) is 3.20. The number of hydrogen-bond donors (Lipinski definition) is 3. The zero-order chi connectivity index (χ0) is 15.3. The molecule has 1 unspecified atom stereocenters. The standard InChI is InChI=1S/C16H29N3O2/c1-3-9-18-15(21)16(7-5-4-6-8-16)19-14(20)12(2)13-10-17-11-13/h12-13,17H,3-11H2,1-2H3,(H,18,21)(H,19,20). The van der Waals surface area contributed by atoms with E-state index in [1.165, 1.54) is 0 Å². The molecule has 1 heterocycles. The number of hydrogen-bond acceptors (Lipinski definition) is 3. The van der Waals surface area contributed by atoms with Gasteiger partial charge < -0.3 is 16.0 Å². The Balaban J connectivity index is 2.01. The van der Waals surface area contributed by atoms with Gasteiger partial charge in [-0.25, -0.2) is 0 Å². The minimum absolute atomic E-state index is 0.0105. The lowest BCUT2D eigenvalue weighted by Gasteiger charge is -2.39. The summed E-state index contributed by atoms with van der Waals surface area (Å²) in [5.41, 5.74) is -0.671. The van der Waals surface area contributed by atoms with Gasteiger partial charge in [-0.05, 0) is 38.3 Å². The summed E-state index contributed by atoms with van der Waals surface area (Å²) in [6.45, 7) is 6.51. The molecule has 0 bridgehead atoms. The monoisotopic (exact) mass is 295 g/mol. The molecule has 120 valence electrons. The number of carbonyl (C=O) groups is 2. The zero-order valence-electron chi connectivity index (χ0n) is 13.3. The molecule has 2 amide bonds. The first-order chi connectivity index (χ1) is 10.1. The molecular weight excluding hydrogens is 266 g/mol. The quantitative estimate of drug-likeness (QED) is 0.689. The zero-order valence-corrected chi connectivity index (χ0v) is 13.3. The molecule has 0 aromatic rings. The van der Waals surface area contributed by atoms with Crippen molar-refractivity contribution in [3.8, 4) is 0 Å². The van der Waals surface area contributed by atoms with Gasteiger partial charge in [-0.2, -0.15) is 0 Å². The van der Waals surface area contributed by atoms with E-state index in [-0.39, 0.29) is 17.7 Å². The minimum atomic E-state index is -0.671. The average Bonchev–Trinajstić information content (AvgIpc) is 2.43. The summed E-state index contributed by atoms with van der Waals surface area (Å²) < 4.78 is 0. The number of carbonyl (C=O) groups excluding carboxylic acids is 2. The molecule has 2 aliphatic rings. The van der Waals surface area contributed by atoms with Crippen molar-refractivity contribution in [2.75, 3.05) is 19.6 Å². The van der Waals surface area contributed by atoms with Gasteiger partial charge in [0.2, 0.25) is 11.8 Å². The van der Waals surface area contributed by atoms with E-state index in [0.29, 0.717) is 12.5 Å². The lowest BCUT2D eigenvalue weighted by molar-refractivity contribution is -0.137. The van der Waals surface area contributed by atoms with Crippen LogP contribution >= 0.6 is 0 Å². The lowest BCUT2D eigenvalue weighted by Crippen LogP contribution is -2.62. The van der Waals surface area contributed by atoms with Crippen LogP contribution in [0.25, 0.3) is 0 Å². The first-order valence-corrected chi connectivity index (χ1v) is 8.40. The third-order valence-electron chi connectivity index (χ3n) is 4.97. The van der Waals surface area contributed by atoms with E-state index in [4.69, 9.17) is 0 Å². The van der Waals surface area contributed by atoms with Crippen molar-refractivity contribution >= 4 is 11.8 Å². The van der Waals surface area contributed by atoms with E-state index in [0.717, 1.165) is 51.6 Å². The highest BCUT2D eigenvalue weighted by molar-refractivity contribution is 5.92. The molecule has 0 radical (unpaired) electrons. The molecule has 5 heteroatoms. The van der Waals surface area contributed by atoms with Crippen LogP contribution in [0.15, 0.2) is 0 Å². The van der Waals surface area contributed by atoms with Crippen LogP contribution in [0, 0.1) is 11.8 Å². The molecule has 0 aromatic heterocycles. The molecule has 1 aliphatic heterocycles. The summed E-state index contributed by atoms with van der Waals surface area (Å²) in [4.78, 5) is 25.1. The summed E-state index contributed by atoms with van der Waals surface area (Å²) in [6, 6.07) is 0. The smallest absolute Gasteiger partial charge is 0.245 e. The van der Waals surface area contributed by atoms with Gasteiger partial charge >= 0.3 is 0 Å². The van der Waals surface area contributed by atoms with Gasteiger partial charge in [0.25, 0.3) is 0 Å². The molecule has 5 nitrogen and oxygen atoms in total. The molecule has 2 fully saturated rings. The van der Waals surface area contributed by atoms with Crippen molar-refractivity contribution in [1.29, 1.82) is 0 Å². The Hall–Kier alpha value is -1.10. The molecule has 0 aromatic carbocycles. The van der Waals surface area contributed by atoms with E-state index in [2.05, 4.69) is 16.0 Å². The van der Waals surface area contributed by atoms with Crippen molar-refractivity contribution in [3.63, 3.8) is 0 Å². The van der Waals surface area contributed by atoms with Gasteiger partial charge in [0.1, 0.15) is 5.54 Å². The highest BCUT2D eigenvalue weighted by Gasteiger charge is 2.42. The number of rotatable bonds is 6. The normalized spacial score (nSPS) is 23.0. The van der Waals surface area contributed by atoms with Gasteiger partial charge in [0.05, 0.1) is 0 Å². The van der Waals surface area contributed by atoms with Crippen molar-refractivity contribution in [2.45, 2.75) is 57.9 Å². The number of nitrogens with one attached hydrogen (secondary N) is 3. The Morgan fingerprint density at radius 2 is 1.90 bits per heavy atom. The Labute approximate surface area is 127 Å². The predicted octanol–water partition coefficient (Wildman–Crippen LogP) is 1.19. The Kier molecular flexibility index (Phi) is 5.62. The van der Waals surface area contributed by atoms with E-state index in [1.54, 1.807) is 0 Å². The summed E-state index contributed by atoms with van der Waals surface area (Å²) in [6.07, 6.45) is 5.63. The van der Waals surface area contributed by atoms with Gasteiger partial charge in [-0.3, -0.25) is 9.59 Å².